The summed E-state index contributed by atoms with van der Waals surface area (Å²) in [4.78, 5) is 14.4. The molecule has 0 bridgehead atoms. The number of piperazine rings is 1. The smallest absolute Gasteiger partial charge is 0.254 e. The molecule has 1 amide bonds. The van der Waals surface area contributed by atoms with Crippen molar-refractivity contribution in [2.75, 3.05) is 19.9 Å². The Labute approximate surface area is 112 Å². The van der Waals surface area contributed by atoms with Crippen molar-refractivity contribution in [3.63, 3.8) is 0 Å². The molecule has 1 aromatic rings. The molecule has 0 aliphatic carbocycles. The summed E-state index contributed by atoms with van der Waals surface area (Å²) >= 11 is 0. The SMILES string of the molecule is CC1CN(C(=O)c2ccc3c(c2)OCO3)CC(C)N1. The Morgan fingerprint density at radius 3 is 2.63 bits per heavy atom. The van der Waals surface area contributed by atoms with Crippen LogP contribution in [-0.4, -0.2) is 42.8 Å². The van der Waals surface area contributed by atoms with Gasteiger partial charge in [-0.1, -0.05) is 0 Å². The molecule has 0 saturated carbocycles. The van der Waals surface area contributed by atoms with Gasteiger partial charge >= 0.3 is 0 Å². The third kappa shape index (κ3) is 2.38. The zero-order valence-corrected chi connectivity index (χ0v) is 11.2. The van der Waals surface area contributed by atoms with E-state index in [0.717, 1.165) is 13.1 Å². The summed E-state index contributed by atoms with van der Waals surface area (Å²) in [6, 6.07) is 6.00. The van der Waals surface area contributed by atoms with Gasteiger partial charge in [0, 0.05) is 30.7 Å². The predicted octanol–water partition coefficient (Wildman–Crippen LogP) is 1.24. The molecule has 0 aromatic heterocycles. The van der Waals surface area contributed by atoms with Crippen molar-refractivity contribution >= 4 is 5.91 Å². The van der Waals surface area contributed by atoms with Crippen molar-refractivity contribution in [1.82, 2.24) is 10.2 Å². The molecular weight excluding hydrogens is 244 g/mol. The summed E-state index contributed by atoms with van der Waals surface area (Å²) < 4.78 is 10.6. The lowest BCUT2D eigenvalue weighted by atomic mass is 10.1. The molecule has 5 heteroatoms. The first-order valence-corrected chi connectivity index (χ1v) is 6.58. The van der Waals surface area contributed by atoms with Crippen molar-refractivity contribution in [2.45, 2.75) is 25.9 Å². The zero-order valence-electron chi connectivity index (χ0n) is 11.2. The zero-order chi connectivity index (χ0) is 13.4. The van der Waals surface area contributed by atoms with E-state index in [4.69, 9.17) is 9.47 Å². The molecule has 1 aromatic carbocycles. The van der Waals surface area contributed by atoms with Crippen LogP contribution in [0.2, 0.25) is 0 Å². The van der Waals surface area contributed by atoms with E-state index >= 15 is 0 Å². The van der Waals surface area contributed by atoms with Gasteiger partial charge in [-0.25, -0.2) is 0 Å². The van der Waals surface area contributed by atoms with E-state index in [9.17, 15) is 4.79 Å². The minimum absolute atomic E-state index is 0.0542. The number of rotatable bonds is 1. The molecule has 3 rings (SSSR count). The van der Waals surface area contributed by atoms with Crippen molar-refractivity contribution in [2.24, 2.45) is 0 Å². The van der Waals surface area contributed by atoms with Crippen molar-refractivity contribution in [3.05, 3.63) is 23.8 Å². The molecule has 1 fully saturated rings. The Hall–Kier alpha value is -1.75. The number of carbonyl (C=O) groups is 1. The summed E-state index contributed by atoms with van der Waals surface area (Å²) in [7, 11) is 0. The van der Waals surface area contributed by atoms with E-state index in [1.54, 1.807) is 18.2 Å². The number of carbonyl (C=O) groups excluding carboxylic acids is 1. The average Bonchev–Trinajstić information content (AvgIpc) is 2.83. The minimum atomic E-state index is 0.0542. The van der Waals surface area contributed by atoms with Crippen LogP contribution < -0.4 is 14.8 Å². The predicted molar refractivity (Wildman–Crippen MR) is 70.5 cm³/mol. The molecule has 2 unspecified atom stereocenters. The van der Waals surface area contributed by atoms with Gasteiger partial charge in [-0.2, -0.15) is 0 Å². The van der Waals surface area contributed by atoms with Crippen molar-refractivity contribution in [1.29, 1.82) is 0 Å². The monoisotopic (exact) mass is 262 g/mol. The number of nitrogens with zero attached hydrogens (tertiary/aromatic N) is 1. The maximum Gasteiger partial charge on any atom is 0.254 e. The van der Waals surface area contributed by atoms with Gasteiger partial charge in [0.1, 0.15) is 0 Å². The third-order valence-electron chi connectivity index (χ3n) is 3.46. The molecule has 102 valence electrons. The van der Waals surface area contributed by atoms with Gasteiger partial charge in [-0.05, 0) is 32.0 Å². The second kappa shape index (κ2) is 4.74. The number of ether oxygens (including phenoxy) is 2. The Morgan fingerprint density at radius 1 is 1.21 bits per heavy atom. The number of hydrogen-bond acceptors (Lipinski definition) is 4. The molecule has 2 aliphatic rings. The average molecular weight is 262 g/mol. The number of amides is 1. The second-order valence-corrected chi connectivity index (χ2v) is 5.25. The summed E-state index contributed by atoms with van der Waals surface area (Å²) in [5.41, 5.74) is 0.658. The molecular formula is C14H18N2O3. The van der Waals surface area contributed by atoms with Crippen LogP contribution in [0.15, 0.2) is 18.2 Å². The van der Waals surface area contributed by atoms with Crippen LogP contribution >= 0.6 is 0 Å². The van der Waals surface area contributed by atoms with Crippen LogP contribution in [0.5, 0.6) is 11.5 Å². The Kier molecular flexibility index (Phi) is 3.06. The number of hydrogen-bond donors (Lipinski definition) is 1. The largest absolute Gasteiger partial charge is 0.454 e. The summed E-state index contributed by atoms with van der Waals surface area (Å²) in [6.07, 6.45) is 0. The third-order valence-corrected chi connectivity index (χ3v) is 3.46. The van der Waals surface area contributed by atoms with Gasteiger partial charge in [-0.15, -0.1) is 0 Å². The first-order valence-electron chi connectivity index (χ1n) is 6.58. The molecule has 0 spiro atoms. The van der Waals surface area contributed by atoms with Crippen LogP contribution in [0.3, 0.4) is 0 Å². The summed E-state index contributed by atoms with van der Waals surface area (Å²) in [5.74, 6) is 1.42. The fraction of sp³-hybridized carbons (Fsp3) is 0.500. The molecule has 2 heterocycles. The standard InChI is InChI=1S/C14H18N2O3/c1-9-6-16(7-10(2)15-9)14(17)11-3-4-12-13(5-11)19-8-18-12/h3-5,9-10,15H,6-8H2,1-2H3. The van der Waals surface area contributed by atoms with Crippen LogP contribution in [-0.2, 0) is 0 Å². The lowest BCUT2D eigenvalue weighted by Crippen LogP contribution is -2.55. The highest BCUT2D eigenvalue weighted by Crippen LogP contribution is 2.32. The fourth-order valence-corrected chi connectivity index (χ4v) is 2.70. The number of benzene rings is 1. The lowest BCUT2D eigenvalue weighted by Gasteiger charge is -2.36. The lowest BCUT2D eigenvalue weighted by molar-refractivity contribution is 0.0673. The normalized spacial score (nSPS) is 25.5. The Morgan fingerprint density at radius 2 is 1.89 bits per heavy atom. The quantitative estimate of drug-likeness (QED) is 0.827. The number of fused-ring (bicyclic) bond motifs is 1. The minimum Gasteiger partial charge on any atom is -0.454 e. The Balaban J connectivity index is 1.80. The topological polar surface area (TPSA) is 50.8 Å². The van der Waals surface area contributed by atoms with Gasteiger partial charge < -0.3 is 19.7 Å². The van der Waals surface area contributed by atoms with E-state index in [0.29, 0.717) is 29.1 Å². The molecule has 2 aliphatic heterocycles. The van der Waals surface area contributed by atoms with E-state index in [1.807, 2.05) is 4.90 Å². The first kappa shape index (κ1) is 12.3. The van der Waals surface area contributed by atoms with Crippen LogP contribution in [0.1, 0.15) is 24.2 Å². The fourth-order valence-electron chi connectivity index (χ4n) is 2.70. The van der Waals surface area contributed by atoms with E-state index < -0.39 is 0 Å². The summed E-state index contributed by atoms with van der Waals surface area (Å²) in [6.45, 7) is 5.88. The van der Waals surface area contributed by atoms with Gasteiger partial charge in [0.15, 0.2) is 11.5 Å². The maximum atomic E-state index is 12.5. The summed E-state index contributed by atoms with van der Waals surface area (Å²) in [5, 5.41) is 3.42. The van der Waals surface area contributed by atoms with Crippen molar-refractivity contribution < 1.29 is 14.3 Å². The van der Waals surface area contributed by atoms with Crippen molar-refractivity contribution in [3.8, 4) is 11.5 Å². The van der Waals surface area contributed by atoms with E-state index in [-0.39, 0.29) is 12.7 Å². The highest BCUT2D eigenvalue weighted by molar-refractivity contribution is 5.95. The Bertz CT molecular complexity index is 493. The van der Waals surface area contributed by atoms with E-state index in [2.05, 4.69) is 19.2 Å². The first-order chi connectivity index (χ1) is 9.13. The molecule has 2 atom stereocenters. The van der Waals surface area contributed by atoms with Gasteiger partial charge in [0.25, 0.3) is 5.91 Å². The van der Waals surface area contributed by atoms with Gasteiger partial charge in [-0.3, -0.25) is 4.79 Å². The number of nitrogens with one attached hydrogen (secondary N) is 1. The van der Waals surface area contributed by atoms with E-state index in [1.165, 1.54) is 0 Å². The molecule has 1 saturated heterocycles. The van der Waals surface area contributed by atoms with Gasteiger partial charge in [0.2, 0.25) is 6.79 Å². The molecule has 19 heavy (non-hydrogen) atoms. The van der Waals surface area contributed by atoms with Crippen LogP contribution in [0.25, 0.3) is 0 Å². The van der Waals surface area contributed by atoms with Crippen LogP contribution in [0, 0.1) is 0 Å². The maximum absolute atomic E-state index is 12.5. The molecule has 5 nitrogen and oxygen atoms in total. The second-order valence-electron chi connectivity index (χ2n) is 5.25. The highest BCUT2D eigenvalue weighted by atomic mass is 16.7. The highest BCUT2D eigenvalue weighted by Gasteiger charge is 2.26. The molecule has 1 N–H and O–H groups in total. The molecule has 0 radical (unpaired) electrons. The van der Waals surface area contributed by atoms with Crippen LogP contribution in [0.4, 0.5) is 0 Å². The van der Waals surface area contributed by atoms with Gasteiger partial charge in [0.05, 0.1) is 0 Å².